The van der Waals surface area contributed by atoms with Crippen molar-refractivity contribution in [2.24, 2.45) is 0 Å². The fourth-order valence-corrected chi connectivity index (χ4v) is 1.84. The molecule has 0 bridgehead atoms. The number of amides is 1. The van der Waals surface area contributed by atoms with Gasteiger partial charge < -0.3 is 15.2 Å². The van der Waals surface area contributed by atoms with E-state index in [4.69, 9.17) is 9.84 Å². The largest absolute Gasteiger partial charge is 0.478 e. The minimum atomic E-state index is -0.989. The number of ether oxygens (including phenoxy) is 1. The Morgan fingerprint density at radius 1 is 1.22 bits per heavy atom. The number of carboxylic acid groups (broad SMARTS) is 1. The highest BCUT2D eigenvalue weighted by Gasteiger charge is 2.06. The highest BCUT2D eigenvalue weighted by molar-refractivity contribution is 5.97. The van der Waals surface area contributed by atoms with Crippen LogP contribution in [0.15, 0.2) is 29.8 Å². The van der Waals surface area contributed by atoms with Crippen LogP contribution in [0.5, 0.6) is 0 Å². The van der Waals surface area contributed by atoms with Crippen molar-refractivity contribution in [1.29, 1.82) is 0 Å². The van der Waals surface area contributed by atoms with Crippen LogP contribution in [0.1, 0.15) is 42.6 Å². The normalized spacial score (nSPS) is 11.0. The summed E-state index contributed by atoms with van der Waals surface area (Å²) in [5.74, 6) is -1.49. The third-order valence-electron chi connectivity index (χ3n) is 3.05. The van der Waals surface area contributed by atoms with Crippen LogP contribution in [0.4, 0.5) is 0 Å². The lowest BCUT2D eigenvalue weighted by Gasteiger charge is -2.06. The van der Waals surface area contributed by atoms with Crippen LogP contribution in [0.2, 0.25) is 0 Å². The Bertz CT molecular complexity index is 590. The lowest BCUT2D eigenvalue weighted by Crippen LogP contribution is -2.25. The van der Waals surface area contributed by atoms with E-state index in [2.05, 4.69) is 5.32 Å². The van der Waals surface area contributed by atoms with Gasteiger partial charge in [-0.1, -0.05) is 12.1 Å². The van der Waals surface area contributed by atoms with E-state index in [-0.39, 0.29) is 23.9 Å². The van der Waals surface area contributed by atoms with Gasteiger partial charge in [0.2, 0.25) is 5.91 Å². The van der Waals surface area contributed by atoms with E-state index in [1.807, 2.05) is 0 Å². The van der Waals surface area contributed by atoms with Gasteiger partial charge in [-0.05, 0) is 44.0 Å². The first-order valence-corrected chi connectivity index (χ1v) is 7.39. The smallest absolute Gasteiger partial charge is 0.335 e. The van der Waals surface area contributed by atoms with Crippen molar-refractivity contribution in [2.45, 2.75) is 26.7 Å². The van der Waals surface area contributed by atoms with E-state index < -0.39 is 5.97 Å². The monoisotopic (exact) mass is 319 g/mol. The maximum Gasteiger partial charge on any atom is 0.335 e. The van der Waals surface area contributed by atoms with Crippen molar-refractivity contribution in [1.82, 2.24) is 5.32 Å². The van der Waals surface area contributed by atoms with Crippen molar-refractivity contribution in [3.8, 4) is 0 Å². The Morgan fingerprint density at radius 3 is 2.43 bits per heavy atom. The highest BCUT2D eigenvalue weighted by Crippen LogP contribution is 2.09. The van der Waals surface area contributed by atoms with Crippen LogP contribution in [-0.2, 0) is 14.3 Å². The predicted octanol–water partition coefficient (Wildman–Crippen LogP) is 2.25. The molecule has 0 fully saturated rings. The second-order valence-corrected chi connectivity index (χ2v) is 4.92. The maximum absolute atomic E-state index is 11.9. The predicted molar refractivity (Wildman–Crippen MR) is 85.9 cm³/mol. The summed E-state index contributed by atoms with van der Waals surface area (Å²) in [5, 5.41) is 11.5. The summed E-state index contributed by atoms with van der Waals surface area (Å²) in [6, 6.07) is 6.25. The molecule has 124 valence electrons. The first kappa shape index (κ1) is 18.4. The number of rotatable bonds is 8. The molecule has 2 N–H and O–H groups in total. The van der Waals surface area contributed by atoms with Crippen LogP contribution in [0.3, 0.4) is 0 Å². The molecule has 0 unspecified atom stereocenters. The molecule has 1 aromatic rings. The van der Waals surface area contributed by atoms with Crippen molar-refractivity contribution in [3.63, 3.8) is 0 Å². The summed E-state index contributed by atoms with van der Waals surface area (Å²) >= 11 is 0. The van der Waals surface area contributed by atoms with Crippen LogP contribution in [0.25, 0.3) is 6.08 Å². The molecule has 0 radical (unpaired) electrons. The number of carbonyl (C=O) groups is 3. The van der Waals surface area contributed by atoms with Gasteiger partial charge in [-0.25, -0.2) is 4.79 Å². The summed E-state index contributed by atoms with van der Waals surface area (Å²) in [6.45, 7) is 4.16. The third kappa shape index (κ3) is 6.78. The van der Waals surface area contributed by atoms with Gasteiger partial charge in [-0.15, -0.1) is 0 Å². The van der Waals surface area contributed by atoms with E-state index in [0.717, 1.165) is 5.56 Å². The Hall–Kier alpha value is -2.63. The molecule has 6 heteroatoms. The average Bonchev–Trinajstić information content (AvgIpc) is 2.52. The molecule has 0 aromatic heterocycles. The van der Waals surface area contributed by atoms with E-state index in [1.54, 1.807) is 32.1 Å². The van der Waals surface area contributed by atoms with Gasteiger partial charge in [0, 0.05) is 18.5 Å². The Labute approximate surface area is 135 Å². The summed E-state index contributed by atoms with van der Waals surface area (Å²) in [5.41, 5.74) is 1.45. The topological polar surface area (TPSA) is 92.7 Å². The van der Waals surface area contributed by atoms with E-state index in [1.165, 1.54) is 12.1 Å². The first-order valence-electron chi connectivity index (χ1n) is 7.39. The van der Waals surface area contributed by atoms with Crippen molar-refractivity contribution < 1.29 is 24.2 Å². The fourth-order valence-electron chi connectivity index (χ4n) is 1.84. The molecule has 0 aliphatic carbocycles. The molecular weight excluding hydrogens is 298 g/mol. The molecule has 1 amide bonds. The van der Waals surface area contributed by atoms with Crippen LogP contribution >= 0.6 is 0 Å². The SMILES string of the molecule is CCOC(=O)CCCNC(=O)/C(C)=C/c1ccc(C(=O)O)cc1. The molecule has 1 rings (SSSR count). The molecule has 23 heavy (non-hydrogen) atoms. The second-order valence-electron chi connectivity index (χ2n) is 4.92. The zero-order chi connectivity index (χ0) is 17.2. The average molecular weight is 319 g/mol. The van der Waals surface area contributed by atoms with E-state index in [9.17, 15) is 14.4 Å². The van der Waals surface area contributed by atoms with Gasteiger partial charge in [0.1, 0.15) is 0 Å². The molecule has 0 atom stereocenters. The van der Waals surface area contributed by atoms with Gasteiger partial charge in [0.05, 0.1) is 12.2 Å². The number of benzene rings is 1. The van der Waals surface area contributed by atoms with Crippen molar-refractivity contribution >= 4 is 23.9 Å². The molecule has 0 saturated carbocycles. The first-order chi connectivity index (χ1) is 10.9. The van der Waals surface area contributed by atoms with Gasteiger partial charge >= 0.3 is 11.9 Å². The van der Waals surface area contributed by atoms with E-state index >= 15 is 0 Å². The summed E-state index contributed by atoms with van der Waals surface area (Å²) in [7, 11) is 0. The second kappa shape index (κ2) is 9.40. The van der Waals surface area contributed by atoms with Crippen LogP contribution in [0, 0.1) is 0 Å². The summed E-state index contributed by atoms with van der Waals surface area (Å²) in [6.07, 6.45) is 2.46. The van der Waals surface area contributed by atoms with Gasteiger partial charge in [0.15, 0.2) is 0 Å². The summed E-state index contributed by atoms with van der Waals surface area (Å²) < 4.78 is 4.80. The molecule has 1 aromatic carbocycles. The lowest BCUT2D eigenvalue weighted by molar-refractivity contribution is -0.143. The zero-order valence-corrected chi connectivity index (χ0v) is 13.3. The minimum Gasteiger partial charge on any atom is -0.478 e. The van der Waals surface area contributed by atoms with Crippen LogP contribution < -0.4 is 5.32 Å². The highest BCUT2D eigenvalue weighted by atomic mass is 16.5. The van der Waals surface area contributed by atoms with Crippen molar-refractivity contribution in [2.75, 3.05) is 13.2 Å². The number of aromatic carboxylic acids is 1. The number of hydrogen-bond donors (Lipinski definition) is 2. The van der Waals surface area contributed by atoms with E-state index in [0.29, 0.717) is 25.1 Å². The molecule has 0 spiro atoms. The minimum absolute atomic E-state index is 0.197. The van der Waals surface area contributed by atoms with Crippen LogP contribution in [-0.4, -0.2) is 36.1 Å². The number of esters is 1. The van der Waals surface area contributed by atoms with Gasteiger partial charge in [-0.2, -0.15) is 0 Å². The molecule has 6 nitrogen and oxygen atoms in total. The Kier molecular flexibility index (Phi) is 7.53. The standard InChI is InChI=1S/C17H21NO5/c1-3-23-15(19)5-4-10-18-16(20)12(2)11-13-6-8-14(9-7-13)17(21)22/h6-9,11H,3-5,10H2,1-2H3,(H,18,20)(H,21,22)/b12-11+. The summed E-state index contributed by atoms with van der Waals surface area (Å²) in [4.78, 5) is 33.8. The lowest BCUT2D eigenvalue weighted by atomic mass is 10.1. The van der Waals surface area contributed by atoms with Crippen molar-refractivity contribution in [3.05, 3.63) is 41.0 Å². The number of carboxylic acids is 1. The maximum atomic E-state index is 11.9. The fraction of sp³-hybridized carbons (Fsp3) is 0.353. The van der Waals surface area contributed by atoms with Gasteiger partial charge in [-0.3, -0.25) is 9.59 Å². The Morgan fingerprint density at radius 2 is 1.87 bits per heavy atom. The quantitative estimate of drug-likeness (QED) is 0.435. The number of hydrogen-bond acceptors (Lipinski definition) is 4. The molecule has 0 aliphatic heterocycles. The zero-order valence-electron chi connectivity index (χ0n) is 13.3. The molecule has 0 heterocycles. The molecular formula is C17H21NO5. The third-order valence-corrected chi connectivity index (χ3v) is 3.05. The van der Waals surface area contributed by atoms with Gasteiger partial charge in [0.25, 0.3) is 0 Å². The number of carbonyl (C=O) groups excluding carboxylic acids is 2. The molecule has 0 aliphatic rings. The number of nitrogens with one attached hydrogen (secondary N) is 1. The Balaban J connectivity index is 2.46. The molecule has 0 saturated heterocycles.